The van der Waals surface area contributed by atoms with E-state index in [2.05, 4.69) is 4.99 Å². The van der Waals surface area contributed by atoms with Crippen LogP contribution >= 0.6 is 23.4 Å². The predicted molar refractivity (Wildman–Crippen MR) is 77.3 cm³/mol. The second kappa shape index (κ2) is 5.63. The van der Waals surface area contributed by atoms with Crippen molar-refractivity contribution in [3.05, 3.63) is 29.3 Å². The number of rotatable bonds is 2. The molecule has 1 aromatic rings. The van der Waals surface area contributed by atoms with E-state index in [0.29, 0.717) is 16.7 Å². The largest absolute Gasteiger partial charge is 0.379 e. The van der Waals surface area contributed by atoms with Crippen molar-refractivity contribution in [3.8, 4) is 0 Å². The molecule has 4 nitrogen and oxygen atoms in total. The van der Waals surface area contributed by atoms with E-state index in [-0.39, 0.29) is 11.2 Å². The van der Waals surface area contributed by atoms with Gasteiger partial charge in [0.05, 0.1) is 5.25 Å². The Kier molecular flexibility index (Phi) is 4.14. The monoisotopic (exact) mass is 283 g/mol. The van der Waals surface area contributed by atoms with E-state index in [1.807, 2.05) is 12.1 Å². The van der Waals surface area contributed by atoms with Gasteiger partial charge in [-0.3, -0.25) is 9.79 Å². The highest BCUT2D eigenvalue weighted by atomic mass is 35.5. The van der Waals surface area contributed by atoms with E-state index in [1.54, 1.807) is 24.1 Å². The Morgan fingerprint density at radius 2 is 2.39 bits per heavy atom. The third-order valence-corrected chi connectivity index (χ3v) is 4.14. The minimum absolute atomic E-state index is 0.0638. The van der Waals surface area contributed by atoms with Gasteiger partial charge in [-0.15, -0.1) is 0 Å². The van der Waals surface area contributed by atoms with Crippen molar-refractivity contribution in [2.45, 2.75) is 11.7 Å². The zero-order chi connectivity index (χ0) is 13.1. The first kappa shape index (κ1) is 13.2. The molecule has 1 aromatic carbocycles. The zero-order valence-electron chi connectivity index (χ0n) is 9.97. The highest BCUT2D eigenvalue weighted by Gasteiger charge is 2.33. The Morgan fingerprint density at radius 1 is 1.61 bits per heavy atom. The van der Waals surface area contributed by atoms with E-state index < -0.39 is 0 Å². The van der Waals surface area contributed by atoms with Gasteiger partial charge in [0, 0.05) is 24.3 Å². The number of aliphatic imine (C=N–C) groups is 1. The van der Waals surface area contributed by atoms with Gasteiger partial charge in [-0.2, -0.15) is 0 Å². The number of carbonyl (C=O) groups is 1. The quantitative estimate of drug-likeness (QED) is 0.668. The lowest BCUT2D eigenvalue weighted by atomic mass is 10.3. The van der Waals surface area contributed by atoms with Crippen molar-refractivity contribution in [2.75, 3.05) is 18.5 Å². The molecule has 1 heterocycles. The van der Waals surface area contributed by atoms with Gasteiger partial charge in [0.1, 0.15) is 0 Å². The first-order valence-electron chi connectivity index (χ1n) is 5.57. The zero-order valence-corrected chi connectivity index (χ0v) is 11.5. The first-order valence-corrected chi connectivity index (χ1v) is 6.83. The van der Waals surface area contributed by atoms with Crippen LogP contribution < -0.4 is 10.6 Å². The fourth-order valence-corrected chi connectivity index (χ4v) is 2.89. The smallest absolute Gasteiger partial charge is 0.240 e. The Morgan fingerprint density at radius 3 is 3.06 bits per heavy atom. The average Bonchev–Trinajstić information content (AvgIpc) is 2.71. The number of nitrogens with two attached hydrogens (primary N) is 1. The third-order valence-electron chi connectivity index (χ3n) is 2.76. The molecule has 0 radical (unpaired) electrons. The molecule has 18 heavy (non-hydrogen) atoms. The van der Waals surface area contributed by atoms with Crippen LogP contribution in [0.5, 0.6) is 0 Å². The lowest BCUT2D eigenvalue weighted by Crippen LogP contribution is -2.29. The van der Waals surface area contributed by atoms with Crippen molar-refractivity contribution < 1.29 is 4.79 Å². The lowest BCUT2D eigenvalue weighted by molar-refractivity contribution is -0.116. The van der Waals surface area contributed by atoms with E-state index in [1.165, 1.54) is 11.8 Å². The van der Waals surface area contributed by atoms with Crippen LogP contribution in [0.3, 0.4) is 0 Å². The maximum atomic E-state index is 12.2. The van der Waals surface area contributed by atoms with Gasteiger partial charge < -0.3 is 10.6 Å². The Bertz CT molecular complexity index is 492. The number of hydrogen-bond acceptors (Lipinski definition) is 3. The summed E-state index contributed by atoms with van der Waals surface area (Å²) in [5, 5.41) is 0.931. The minimum Gasteiger partial charge on any atom is -0.379 e. The number of carbonyl (C=O) groups excluding carboxylic acids is 1. The minimum atomic E-state index is -0.146. The maximum Gasteiger partial charge on any atom is 0.240 e. The SMILES string of the molecule is CN=C(N)SC1CCN(c2cccc(Cl)c2)C1=O. The summed E-state index contributed by atoms with van der Waals surface area (Å²) in [6, 6.07) is 7.31. The average molecular weight is 284 g/mol. The van der Waals surface area contributed by atoms with Gasteiger partial charge in [0.2, 0.25) is 5.91 Å². The van der Waals surface area contributed by atoms with Crippen LogP contribution in [0.1, 0.15) is 6.42 Å². The summed E-state index contributed by atoms with van der Waals surface area (Å²) in [6.45, 7) is 0.688. The Labute approximate surface area is 115 Å². The summed E-state index contributed by atoms with van der Waals surface area (Å²) in [6.07, 6.45) is 0.770. The second-order valence-corrected chi connectivity index (χ2v) is 5.59. The molecule has 0 spiro atoms. The Balaban J connectivity index is 2.12. The van der Waals surface area contributed by atoms with Gasteiger partial charge >= 0.3 is 0 Å². The van der Waals surface area contributed by atoms with Crippen LogP contribution in [0.4, 0.5) is 5.69 Å². The van der Waals surface area contributed by atoms with E-state index >= 15 is 0 Å². The maximum absolute atomic E-state index is 12.2. The molecule has 1 atom stereocenters. The molecule has 1 amide bonds. The summed E-state index contributed by atoms with van der Waals surface area (Å²) in [4.78, 5) is 17.8. The summed E-state index contributed by atoms with van der Waals surface area (Å²) < 4.78 is 0. The number of benzene rings is 1. The molecule has 0 bridgehead atoms. The molecule has 0 saturated carbocycles. The van der Waals surface area contributed by atoms with E-state index in [4.69, 9.17) is 17.3 Å². The molecule has 6 heteroatoms. The number of thioether (sulfide) groups is 1. The number of amidine groups is 1. The molecule has 2 N–H and O–H groups in total. The molecule has 1 unspecified atom stereocenters. The molecule has 1 aliphatic heterocycles. The van der Waals surface area contributed by atoms with Crippen LogP contribution in [0.2, 0.25) is 5.02 Å². The molecule has 1 fully saturated rings. The van der Waals surface area contributed by atoms with Crippen LogP contribution in [0.15, 0.2) is 29.3 Å². The van der Waals surface area contributed by atoms with Gasteiger partial charge in [0.15, 0.2) is 5.17 Å². The third kappa shape index (κ3) is 2.79. The summed E-state index contributed by atoms with van der Waals surface area (Å²) in [5.41, 5.74) is 6.48. The molecule has 96 valence electrons. The number of anilines is 1. The van der Waals surface area contributed by atoms with Crippen molar-refractivity contribution in [1.29, 1.82) is 0 Å². The molecule has 0 aromatic heterocycles. The van der Waals surface area contributed by atoms with Crippen molar-refractivity contribution in [1.82, 2.24) is 0 Å². The molecule has 2 rings (SSSR count). The van der Waals surface area contributed by atoms with Crippen LogP contribution in [-0.2, 0) is 4.79 Å². The van der Waals surface area contributed by atoms with Crippen molar-refractivity contribution in [3.63, 3.8) is 0 Å². The highest BCUT2D eigenvalue weighted by Crippen LogP contribution is 2.29. The standard InChI is InChI=1S/C12H14ClN3OS/c1-15-12(14)18-10-5-6-16(11(10)17)9-4-2-3-8(13)7-9/h2-4,7,10H,5-6H2,1H3,(H2,14,15). The van der Waals surface area contributed by atoms with Crippen molar-refractivity contribution in [2.24, 2.45) is 10.7 Å². The van der Waals surface area contributed by atoms with Gasteiger partial charge in [0.25, 0.3) is 0 Å². The van der Waals surface area contributed by atoms with Gasteiger partial charge in [-0.05, 0) is 24.6 Å². The summed E-state index contributed by atoms with van der Waals surface area (Å²) >= 11 is 7.25. The van der Waals surface area contributed by atoms with Gasteiger partial charge in [-0.25, -0.2) is 0 Å². The lowest BCUT2D eigenvalue weighted by Gasteiger charge is -2.16. The van der Waals surface area contributed by atoms with Crippen LogP contribution in [-0.4, -0.2) is 29.9 Å². The first-order chi connectivity index (χ1) is 8.61. The van der Waals surface area contributed by atoms with E-state index in [0.717, 1.165) is 12.1 Å². The summed E-state index contributed by atoms with van der Waals surface area (Å²) in [5.74, 6) is 0.0638. The number of hydrogen-bond donors (Lipinski definition) is 1. The number of amides is 1. The predicted octanol–water partition coefficient (Wildman–Crippen LogP) is 2.12. The topological polar surface area (TPSA) is 58.7 Å². The molecular formula is C12H14ClN3OS. The second-order valence-electron chi connectivity index (χ2n) is 3.93. The molecule has 1 saturated heterocycles. The van der Waals surface area contributed by atoms with Crippen molar-refractivity contribution >= 4 is 40.1 Å². The number of halogens is 1. The highest BCUT2D eigenvalue weighted by molar-refractivity contribution is 8.14. The van der Waals surface area contributed by atoms with E-state index in [9.17, 15) is 4.79 Å². The number of nitrogens with zero attached hydrogens (tertiary/aromatic N) is 2. The molecule has 1 aliphatic rings. The fraction of sp³-hybridized carbons (Fsp3) is 0.333. The normalized spacial score (nSPS) is 20.6. The van der Waals surface area contributed by atoms with Crippen LogP contribution in [0, 0.1) is 0 Å². The Hall–Kier alpha value is -1.20. The van der Waals surface area contributed by atoms with Crippen LogP contribution in [0.25, 0.3) is 0 Å². The molecule has 0 aliphatic carbocycles. The summed E-state index contributed by atoms with van der Waals surface area (Å²) in [7, 11) is 1.62. The fourth-order valence-electron chi connectivity index (χ4n) is 1.86. The van der Waals surface area contributed by atoms with Gasteiger partial charge in [-0.1, -0.05) is 29.4 Å². The molecular weight excluding hydrogens is 270 g/mol.